The first-order valence-electron chi connectivity index (χ1n) is 9.39. The largest absolute Gasteiger partial charge is 0.494 e. The summed E-state index contributed by atoms with van der Waals surface area (Å²) in [4.78, 5) is 13.5. The van der Waals surface area contributed by atoms with Gasteiger partial charge >= 0.3 is 0 Å². The maximum Gasteiger partial charge on any atom is 0.186 e. The number of anilines is 2. The van der Waals surface area contributed by atoms with Gasteiger partial charge in [-0.1, -0.05) is 22.7 Å². The summed E-state index contributed by atoms with van der Waals surface area (Å²) >= 11 is 2.99. The SMILES string of the molecule is CCOc1ccc2nc(N3CCN(c4nc5c(F)cc(F)cc5s4)CC3)sc2c1. The minimum Gasteiger partial charge on any atom is -0.494 e. The van der Waals surface area contributed by atoms with E-state index in [9.17, 15) is 8.78 Å². The normalized spacial score (nSPS) is 14.9. The third-order valence-corrected chi connectivity index (χ3v) is 7.02. The quantitative estimate of drug-likeness (QED) is 0.458. The van der Waals surface area contributed by atoms with Crippen molar-refractivity contribution in [3.63, 3.8) is 0 Å². The Morgan fingerprint density at radius 1 is 0.931 bits per heavy atom. The third-order valence-electron chi connectivity index (χ3n) is 4.88. The highest BCUT2D eigenvalue weighted by Crippen LogP contribution is 2.34. The van der Waals surface area contributed by atoms with Gasteiger partial charge in [0.25, 0.3) is 0 Å². The van der Waals surface area contributed by atoms with Gasteiger partial charge in [-0.15, -0.1) is 0 Å². The Morgan fingerprint density at radius 3 is 2.34 bits per heavy atom. The zero-order valence-corrected chi connectivity index (χ0v) is 17.3. The van der Waals surface area contributed by atoms with Crippen molar-refractivity contribution in [2.75, 3.05) is 42.6 Å². The molecule has 0 saturated carbocycles. The Bertz CT molecular complexity index is 1180. The molecule has 0 radical (unpaired) electrons. The molecule has 9 heteroatoms. The predicted octanol–water partition coefficient (Wildman–Crippen LogP) is 4.91. The van der Waals surface area contributed by atoms with Gasteiger partial charge in [-0.2, -0.15) is 0 Å². The van der Waals surface area contributed by atoms with Crippen LogP contribution in [-0.4, -0.2) is 42.8 Å². The number of hydrogen-bond donors (Lipinski definition) is 0. The molecule has 1 aliphatic rings. The van der Waals surface area contributed by atoms with Crippen LogP contribution in [-0.2, 0) is 0 Å². The number of halogens is 2. The summed E-state index contributed by atoms with van der Waals surface area (Å²) in [5, 5.41) is 1.72. The highest BCUT2D eigenvalue weighted by atomic mass is 32.1. The van der Waals surface area contributed by atoms with Crippen LogP contribution >= 0.6 is 22.7 Å². The number of aromatic nitrogens is 2. The fraction of sp³-hybridized carbons (Fsp3) is 0.300. The first-order chi connectivity index (χ1) is 14.1. The molecule has 0 bridgehead atoms. The lowest BCUT2D eigenvalue weighted by atomic mass is 10.3. The van der Waals surface area contributed by atoms with E-state index in [0.29, 0.717) is 11.3 Å². The lowest BCUT2D eigenvalue weighted by Gasteiger charge is -2.34. The lowest BCUT2D eigenvalue weighted by Crippen LogP contribution is -2.46. The van der Waals surface area contributed by atoms with Crippen molar-refractivity contribution < 1.29 is 13.5 Å². The van der Waals surface area contributed by atoms with E-state index in [1.165, 1.54) is 17.4 Å². The standard InChI is InChI=1S/C20H18F2N4OS2/c1-2-27-13-3-4-15-16(11-13)28-19(23-15)25-5-7-26(8-6-25)20-24-18-14(22)9-12(21)10-17(18)29-20/h3-4,9-11H,2,5-8H2,1H3. The zero-order valence-electron chi connectivity index (χ0n) is 15.7. The average Bonchev–Trinajstić information content (AvgIpc) is 3.32. The number of thiazole rings is 2. The summed E-state index contributed by atoms with van der Waals surface area (Å²) in [7, 11) is 0. The molecule has 5 nitrogen and oxygen atoms in total. The second kappa shape index (κ2) is 7.38. The number of piperazine rings is 1. The van der Waals surface area contributed by atoms with E-state index in [0.717, 1.165) is 58.5 Å². The van der Waals surface area contributed by atoms with Gasteiger partial charge in [0, 0.05) is 32.2 Å². The fourth-order valence-electron chi connectivity index (χ4n) is 3.45. The summed E-state index contributed by atoms with van der Waals surface area (Å²) in [5.74, 6) is -0.320. The maximum absolute atomic E-state index is 14.0. The first-order valence-corrected chi connectivity index (χ1v) is 11.0. The zero-order chi connectivity index (χ0) is 20.0. The van der Waals surface area contributed by atoms with E-state index in [1.54, 1.807) is 11.3 Å². The Kier molecular flexibility index (Phi) is 4.71. The Hall–Kier alpha value is -2.52. The second-order valence-corrected chi connectivity index (χ2v) is 8.78. The van der Waals surface area contributed by atoms with Gasteiger partial charge in [0.2, 0.25) is 0 Å². The molecule has 0 amide bonds. The smallest absolute Gasteiger partial charge is 0.186 e. The van der Waals surface area contributed by atoms with E-state index < -0.39 is 11.6 Å². The Morgan fingerprint density at radius 2 is 1.62 bits per heavy atom. The minimum atomic E-state index is -0.609. The molecule has 1 fully saturated rings. The van der Waals surface area contributed by atoms with Crippen LogP contribution in [0.5, 0.6) is 5.75 Å². The minimum absolute atomic E-state index is 0.241. The predicted molar refractivity (Wildman–Crippen MR) is 115 cm³/mol. The maximum atomic E-state index is 14.0. The molecule has 2 aromatic heterocycles. The number of hydrogen-bond acceptors (Lipinski definition) is 7. The lowest BCUT2D eigenvalue weighted by molar-refractivity contribution is 0.341. The first kappa shape index (κ1) is 18.5. The average molecular weight is 433 g/mol. The molecule has 0 N–H and O–H groups in total. The van der Waals surface area contributed by atoms with E-state index in [-0.39, 0.29) is 5.52 Å². The molecule has 0 atom stereocenters. The number of ether oxygens (including phenoxy) is 1. The molecule has 5 rings (SSSR count). The fourth-order valence-corrected chi connectivity index (χ4v) is 5.56. The molecule has 3 heterocycles. The van der Waals surface area contributed by atoms with Crippen molar-refractivity contribution in [3.05, 3.63) is 42.0 Å². The molecule has 150 valence electrons. The summed E-state index contributed by atoms with van der Waals surface area (Å²) in [6.45, 7) is 5.71. The van der Waals surface area contributed by atoms with Crippen molar-refractivity contribution in [1.29, 1.82) is 0 Å². The van der Waals surface area contributed by atoms with Gasteiger partial charge in [0.05, 0.1) is 21.5 Å². The van der Waals surface area contributed by atoms with Crippen LogP contribution in [0.3, 0.4) is 0 Å². The van der Waals surface area contributed by atoms with Crippen LogP contribution in [0.4, 0.5) is 19.0 Å². The van der Waals surface area contributed by atoms with E-state index in [4.69, 9.17) is 9.72 Å². The Balaban J connectivity index is 1.32. The van der Waals surface area contributed by atoms with Gasteiger partial charge in [0.15, 0.2) is 16.1 Å². The van der Waals surface area contributed by atoms with Gasteiger partial charge in [0.1, 0.15) is 17.1 Å². The van der Waals surface area contributed by atoms with Crippen molar-refractivity contribution in [2.24, 2.45) is 0 Å². The number of fused-ring (bicyclic) bond motifs is 2. The van der Waals surface area contributed by atoms with Crippen molar-refractivity contribution in [3.8, 4) is 5.75 Å². The summed E-state index contributed by atoms with van der Waals surface area (Å²) in [6.07, 6.45) is 0. The van der Waals surface area contributed by atoms with Crippen LogP contribution < -0.4 is 14.5 Å². The Labute approximate surface area is 174 Å². The van der Waals surface area contributed by atoms with E-state index in [1.807, 2.05) is 25.1 Å². The molecule has 2 aromatic carbocycles. The molecule has 0 spiro atoms. The van der Waals surface area contributed by atoms with Crippen molar-refractivity contribution >= 4 is 53.4 Å². The topological polar surface area (TPSA) is 41.5 Å². The summed E-state index contributed by atoms with van der Waals surface area (Å²) in [5.41, 5.74) is 1.21. The highest BCUT2D eigenvalue weighted by Gasteiger charge is 2.23. The highest BCUT2D eigenvalue weighted by molar-refractivity contribution is 7.22. The van der Waals surface area contributed by atoms with Crippen molar-refractivity contribution in [1.82, 2.24) is 9.97 Å². The third kappa shape index (κ3) is 3.49. The molecule has 4 aromatic rings. The van der Waals surface area contributed by atoms with Gasteiger partial charge in [-0.05, 0) is 31.2 Å². The van der Waals surface area contributed by atoms with E-state index in [2.05, 4.69) is 14.8 Å². The van der Waals surface area contributed by atoms with Gasteiger partial charge < -0.3 is 14.5 Å². The number of benzene rings is 2. The van der Waals surface area contributed by atoms with Gasteiger partial charge in [-0.25, -0.2) is 18.7 Å². The number of rotatable bonds is 4. The second-order valence-electron chi connectivity index (χ2n) is 6.76. The molecular formula is C20H18F2N4OS2. The van der Waals surface area contributed by atoms with Gasteiger partial charge in [-0.3, -0.25) is 0 Å². The van der Waals surface area contributed by atoms with Crippen LogP contribution in [0.1, 0.15) is 6.92 Å². The summed E-state index contributed by atoms with van der Waals surface area (Å²) in [6, 6.07) is 8.19. The van der Waals surface area contributed by atoms with Crippen molar-refractivity contribution in [2.45, 2.75) is 6.92 Å². The molecule has 0 unspecified atom stereocenters. The van der Waals surface area contributed by atoms with Crippen LogP contribution in [0.2, 0.25) is 0 Å². The molecule has 0 aliphatic carbocycles. The molecule has 29 heavy (non-hydrogen) atoms. The molecular weight excluding hydrogens is 414 g/mol. The molecule has 1 aliphatic heterocycles. The number of nitrogens with zero attached hydrogens (tertiary/aromatic N) is 4. The van der Waals surface area contributed by atoms with E-state index >= 15 is 0 Å². The summed E-state index contributed by atoms with van der Waals surface area (Å²) < 4.78 is 34.6. The monoisotopic (exact) mass is 432 g/mol. The van der Waals surface area contributed by atoms with Crippen LogP contribution in [0.25, 0.3) is 20.4 Å². The molecule has 1 saturated heterocycles. The van der Waals surface area contributed by atoms with Crippen LogP contribution in [0, 0.1) is 11.6 Å². The van der Waals surface area contributed by atoms with Crippen LogP contribution in [0.15, 0.2) is 30.3 Å².